The first kappa shape index (κ1) is 25.6. The molecule has 2 aromatic rings. The van der Waals surface area contributed by atoms with Gasteiger partial charge < -0.3 is 16.0 Å². The fraction of sp³-hybridized carbons (Fsp3) is 0.320. The Morgan fingerprint density at radius 3 is 2.63 bits per heavy atom. The maximum Gasteiger partial charge on any atom is 0.257 e. The zero-order valence-corrected chi connectivity index (χ0v) is 20.7. The molecule has 3 N–H and O–H groups in total. The van der Waals surface area contributed by atoms with Crippen molar-refractivity contribution in [3.8, 4) is 17.5 Å². The van der Waals surface area contributed by atoms with Crippen molar-refractivity contribution in [1.82, 2.24) is 20.1 Å². The summed E-state index contributed by atoms with van der Waals surface area (Å²) in [6.07, 6.45) is 8.01. The van der Waals surface area contributed by atoms with Gasteiger partial charge in [0.2, 0.25) is 5.91 Å². The van der Waals surface area contributed by atoms with Crippen molar-refractivity contribution in [1.29, 1.82) is 5.26 Å². The number of carbonyl (C=O) groups is 3. The second kappa shape index (κ2) is 11.4. The van der Waals surface area contributed by atoms with Crippen LogP contribution < -0.4 is 11.1 Å². The van der Waals surface area contributed by atoms with Gasteiger partial charge in [0, 0.05) is 41.9 Å². The largest absolute Gasteiger partial charge is 0.368 e. The lowest BCUT2D eigenvalue weighted by molar-refractivity contribution is -0.129. The minimum absolute atomic E-state index is 0.145. The minimum atomic E-state index is -0.779. The number of nitrogens with zero attached hydrogens (tertiary/aromatic N) is 4. The van der Waals surface area contributed by atoms with E-state index >= 15 is 0 Å². The van der Waals surface area contributed by atoms with Crippen LogP contribution in [0.25, 0.3) is 16.8 Å². The molecule has 0 radical (unpaired) electrons. The number of aromatic nitrogens is 1. The third-order valence-electron chi connectivity index (χ3n) is 5.30. The first-order valence-corrected chi connectivity index (χ1v) is 12.0. The quantitative estimate of drug-likeness (QED) is 0.408. The first-order valence-electron chi connectivity index (χ1n) is 11.1. The molecule has 3 amide bonds. The Bertz CT molecular complexity index is 1190. The summed E-state index contributed by atoms with van der Waals surface area (Å²) in [6.45, 7) is 4.66. The standard InChI is InChI=1S/C25H28N6O3S/c1-16(2)11-20(25(34)30(3)15-26)28-23(33)18-8-6-17(7-9-18)21-14-35-24(29-21)19-5-4-10-31(12-19)13-22(27)32/h4-9,12,14,16,20H,10-11,13H2,1-3H3,(H2,27,32)(H,28,33)/t20-/m0/s1. The van der Waals surface area contributed by atoms with E-state index in [4.69, 9.17) is 16.0 Å². The van der Waals surface area contributed by atoms with E-state index in [0.717, 1.165) is 26.7 Å². The molecule has 1 aliphatic heterocycles. The van der Waals surface area contributed by atoms with Crippen LogP contribution >= 0.6 is 11.3 Å². The highest BCUT2D eigenvalue weighted by molar-refractivity contribution is 7.11. The molecule has 2 heterocycles. The second-order valence-corrected chi connectivity index (χ2v) is 9.51. The van der Waals surface area contributed by atoms with E-state index in [0.29, 0.717) is 18.5 Å². The number of carbonyl (C=O) groups excluding carboxylic acids is 3. The van der Waals surface area contributed by atoms with E-state index in [1.165, 1.54) is 18.4 Å². The fourth-order valence-corrected chi connectivity index (χ4v) is 4.41. The Kier molecular flexibility index (Phi) is 8.39. The van der Waals surface area contributed by atoms with Gasteiger partial charge in [-0.1, -0.05) is 38.1 Å². The van der Waals surface area contributed by atoms with E-state index in [1.807, 2.05) is 42.5 Å². The molecule has 3 rings (SSSR count). The number of nitrogens with two attached hydrogens (primary N) is 1. The normalized spacial score (nSPS) is 13.7. The SMILES string of the molecule is CC(C)C[C@H](NC(=O)c1ccc(-c2csc(C3=CN(CC(N)=O)CC=C3)n2)cc1)C(=O)N(C)C#N. The summed E-state index contributed by atoms with van der Waals surface area (Å²) in [5.74, 6) is -1.05. The lowest BCUT2D eigenvalue weighted by Crippen LogP contribution is -2.46. The molecule has 0 bridgehead atoms. The smallest absolute Gasteiger partial charge is 0.257 e. The molecule has 10 heteroatoms. The summed E-state index contributed by atoms with van der Waals surface area (Å²) in [4.78, 5) is 43.9. The monoisotopic (exact) mass is 492 g/mol. The first-order chi connectivity index (χ1) is 16.7. The van der Waals surface area contributed by atoms with Gasteiger partial charge in [0.25, 0.3) is 11.8 Å². The molecule has 0 saturated carbocycles. The molecule has 35 heavy (non-hydrogen) atoms. The highest BCUT2D eigenvalue weighted by Crippen LogP contribution is 2.28. The van der Waals surface area contributed by atoms with Crippen LogP contribution in [-0.2, 0) is 9.59 Å². The zero-order valence-electron chi connectivity index (χ0n) is 19.9. The summed E-state index contributed by atoms with van der Waals surface area (Å²) in [5.41, 5.74) is 8.21. The third kappa shape index (κ3) is 6.77. The van der Waals surface area contributed by atoms with Gasteiger partial charge in [-0.2, -0.15) is 5.26 Å². The summed E-state index contributed by atoms with van der Waals surface area (Å²) in [6, 6.07) is 6.20. The average Bonchev–Trinajstić information content (AvgIpc) is 3.32. The molecular weight excluding hydrogens is 464 g/mol. The lowest BCUT2D eigenvalue weighted by atomic mass is 10.0. The van der Waals surface area contributed by atoms with E-state index in [2.05, 4.69) is 5.32 Å². The van der Waals surface area contributed by atoms with Gasteiger partial charge in [-0.25, -0.2) is 4.98 Å². The van der Waals surface area contributed by atoms with Gasteiger partial charge in [0.15, 0.2) is 6.19 Å². The molecule has 1 aliphatic rings. The predicted molar refractivity (Wildman–Crippen MR) is 135 cm³/mol. The highest BCUT2D eigenvalue weighted by Gasteiger charge is 2.25. The number of nitriles is 1. The summed E-state index contributed by atoms with van der Waals surface area (Å²) >= 11 is 1.48. The Labute approximate surface area is 208 Å². The number of benzene rings is 1. The van der Waals surface area contributed by atoms with Crippen molar-refractivity contribution in [3.63, 3.8) is 0 Å². The van der Waals surface area contributed by atoms with E-state index in [1.54, 1.807) is 30.5 Å². The number of hydrogen-bond acceptors (Lipinski definition) is 7. The summed E-state index contributed by atoms with van der Waals surface area (Å²) in [7, 11) is 1.38. The molecule has 1 aromatic heterocycles. The average molecular weight is 493 g/mol. The topological polar surface area (TPSA) is 132 Å². The van der Waals surface area contributed by atoms with E-state index in [9.17, 15) is 14.4 Å². The van der Waals surface area contributed by atoms with Gasteiger partial charge >= 0.3 is 0 Å². The van der Waals surface area contributed by atoms with Crippen LogP contribution in [0.1, 0.15) is 35.6 Å². The zero-order chi connectivity index (χ0) is 25.5. The van der Waals surface area contributed by atoms with Crippen molar-refractivity contribution < 1.29 is 14.4 Å². The van der Waals surface area contributed by atoms with E-state index in [-0.39, 0.29) is 18.4 Å². The molecule has 9 nitrogen and oxygen atoms in total. The van der Waals surface area contributed by atoms with Crippen molar-refractivity contribution in [2.75, 3.05) is 20.1 Å². The second-order valence-electron chi connectivity index (χ2n) is 8.65. The van der Waals surface area contributed by atoms with Crippen molar-refractivity contribution in [2.45, 2.75) is 26.3 Å². The van der Waals surface area contributed by atoms with Crippen molar-refractivity contribution in [2.24, 2.45) is 11.7 Å². The molecular formula is C25H28N6O3S. The van der Waals surface area contributed by atoms with Gasteiger partial charge in [0.05, 0.1) is 12.2 Å². The molecule has 0 spiro atoms. The van der Waals surface area contributed by atoms with Crippen LogP contribution in [0.3, 0.4) is 0 Å². The third-order valence-corrected chi connectivity index (χ3v) is 6.19. The van der Waals surface area contributed by atoms with Crippen LogP contribution in [0.2, 0.25) is 0 Å². The molecule has 182 valence electrons. The predicted octanol–water partition coefficient (Wildman–Crippen LogP) is 2.59. The number of rotatable bonds is 9. The summed E-state index contributed by atoms with van der Waals surface area (Å²) < 4.78 is 0. The minimum Gasteiger partial charge on any atom is -0.368 e. The molecule has 0 fully saturated rings. The van der Waals surface area contributed by atoms with Crippen LogP contribution in [-0.4, -0.2) is 58.7 Å². The molecule has 0 aliphatic carbocycles. The van der Waals surface area contributed by atoms with Crippen molar-refractivity contribution >= 4 is 34.6 Å². The fourth-order valence-electron chi connectivity index (χ4n) is 3.59. The Hall–Kier alpha value is -3.97. The highest BCUT2D eigenvalue weighted by atomic mass is 32.1. The number of likely N-dealkylation sites (N-methyl/N-ethyl adjacent to an activating group) is 1. The van der Waals surface area contributed by atoms with Crippen LogP contribution in [0, 0.1) is 17.4 Å². The van der Waals surface area contributed by atoms with Crippen LogP contribution in [0.5, 0.6) is 0 Å². The van der Waals surface area contributed by atoms with Gasteiger partial charge in [-0.15, -0.1) is 11.3 Å². The number of allylic oxidation sites excluding steroid dienone is 2. The molecule has 1 aromatic carbocycles. The maximum absolute atomic E-state index is 12.8. The summed E-state index contributed by atoms with van der Waals surface area (Å²) in [5, 5.41) is 14.5. The number of nitrogens with one attached hydrogen (secondary N) is 1. The maximum atomic E-state index is 12.8. The van der Waals surface area contributed by atoms with Crippen LogP contribution in [0.4, 0.5) is 0 Å². The number of thiazole rings is 1. The Morgan fingerprint density at radius 1 is 1.29 bits per heavy atom. The lowest BCUT2D eigenvalue weighted by Gasteiger charge is -2.21. The van der Waals surface area contributed by atoms with Gasteiger partial charge in [-0.3, -0.25) is 19.3 Å². The number of amides is 3. The Morgan fingerprint density at radius 2 is 2.00 bits per heavy atom. The Balaban J connectivity index is 1.72. The van der Waals surface area contributed by atoms with Crippen molar-refractivity contribution in [3.05, 3.63) is 58.6 Å². The number of hydrogen-bond donors (Lipinski definition) is 2. The molecule has 0 unspecified atom stereocenters. The van der Waals surface area contributed by atoms with Gasteiger partial charge in [-0.05, 0) is 24.5 Å². The van der Waals surface area contributed by atoms with Crippen LogP contribution in [0.15, 0.2) is 48.0 Å². The van der Waals surface area contributed by atoms with Gasteiger partial charge in [0.1, 0.15) is 11.0 Å². The number of primary amides is 1. The molecule has 1 atom stereocenters. The molecule has 0 saturated heterocycles. The van der Waals surface area contributed by atoms with E-state index < -0.39 is 17.9 Å².